The van der Waals surface area contributed by atoms with E-state index in [0.717, 1.165) is 58.2 Å². The molecule has 1 atom stereocenters. The highest BCUT2D eigenvalue weighted by Crippen LogP contribution is 2.16. The smallest absolute Gasteiger partial charge is 0.306 e. The largest absolute Gasteiger partial charge is 0.462 e. The molecule has 0 bridgehead atoms. The van der Waals surface area contributed by atoms with Crippen LogP contribution in [0.1, 0.15) is 143 Å². The Morgan fingerprint density at radius 2 is 1.16 bits per heavy atom. The van der Waals surface area contributed by atoms with E-state index in [4.69, 9.17) is 4.74 Å². The molecular weight excluding hydrogens is 398 g/mol. The molecule has 1 unspecified atom stereocenters. The van der Waals surface area contributed by atoms with Crippen LogP contribution in [0.5, 0.6) is 0 Å². The molecule has 0 spiro atoms. The van der Waals surface area contributed by atoms with Gasteiger partial charge in [-0.15, -0.1) is 0 Å². The molecule has 0 radical (unpaired) electrons. The van der Waals surface area contributed by atoms with Crippen LogP contribution in [0.25, 0.3) is 0 Å². The summed E-state index contributed by atoms with van der Waals surface area (Å²) in [6.45, 7) is 9.95. The van der Waals surface area contributed by atoms with E-state index in [1.165, 1.54) is 77.0 Å². The maximum atomic E-state index is 12.2. The van der Waals surface area contributed by atoms with Gasteiger partial charge < -0.3 is 14.7 Å². The molecule has 0 heterocycles. The Bertz CT molecular complexity index is 389. The first kappa shape index (κ1) is 31.4. The third kappa shape index (κ3) is 21.2. The summed E-state index contributed by atoms with van der Waals surface area (Å²) in [5.74, 6) is 0.00987. The minimum atomic E-state index is 0.00987. The number of carbonyl (C=O) groups excluding carboxylic acids is 1. The van der Waals surface area contributed by atoms with Crippen molar-refractivity contribution in [3.63, 3.8) is 0 Å². The van der Waals surface area contributed by atoms with Crippen LogP contribution in [0.15, 0.2) is 0 Å². The van der Waals surface area contributed by atoms with E-state index in [1.54, 1.807) is 0 Å². The lowest BCUT2D eigenvalue weighted by Gasteiger charge is -2.21. The molecule has 0 aliphatic carbocycles. The molecular formula is C28H57NO3. The number of aliphatic hydroxyl groups is 1. The summed E-state index contributed by atoms with van der Waals surface area (Å²) in [5, 5.41) is 9.32. The van der Waals surface area contributed by atoms with Gasteiger partial charge in [0, 0.05) is 13.0 Å². The molecule has 4 nitrogen and oxygen atoms in total. The number of hydrogen-bond donors (Lipinski definition) is 1. The van der Waals surface area contributed by atoms with Gasteiger partial charge in [0.2, 0.25) is 0 Å². The molecule has 0 aromatic carbocycles. The van der Waals surface area contributed by atoms with E-state index in [2.05, 4.69) is 25.7 Å². The lowest BCUT2D eigenvalue weighted by atomic mass is 10.1. The molecule has 0 aromatic heterocycles. The van der Waals surface area contributed by atoms with Crippen LogP contribution >= 0.6 is 0 Å². The van der Waals surface area contributed by atoms with Gasteiger partial charge >= 0.3 is 5.97 Å². The van der Waals surface area contributed by atoms with Gasteiger partial charge in [0.1, 0.15) is 6.10 Å². The quantitative estimate of drug-likeness (QED) is 0.113. The first-order valence-corrected chi connectivity index (χ1v) is 14.2. The third-order valence-electron chi connectivity index (χ3n) is 6.41. The van der Waals surface area contributed by atoms with Gasteiger partial charge in [-0.3, -0.25) is 4.79 Å². The number of aliphatic hydroxyl groups excluding tert-OH is 1. The Labute approximate surface area is 200 Å². The highest BCUT2D eigenvalue weighted by molar-refractivity contribution is 5.69. The van der Waals surface area contributed by atoms with Crippen LogP contribution in [0, 0.1) is 0 Å². The third-order valence-corrected chi connectivity index (χ3v) is 6.41. The topological polar surface area (TPSA) is 49.8 Å². The van der Waals surface area contributed by atoms with Crippen molar-refractivity contribution in [2.24, 2.45) is 0 Å². The van der Waals surface area contributed by atoms with E-state index in [-0.39, 0.29) is 18.7 Å². The number of hydrogen-bond acceptors (Lipinski definition) is 4. The standard InChI is InChI=1S/C28H57NO3/c1-4-7-10-11-14-18-23-29(25-26-30)24-19-15-12-13-17-22-28(31)32-27(20-9-6-3)21-16-8-5-2/h27,30H,4-26H2,1-3H3. The molecule has 0 fully saturated rings. The zero-order valence-electron chi connectivity index (χ0n) is 22.1. The predicted octanol–water partition coefficient (Wildman–Crippen LogP) is 7.66. The summed E-state index contributed by atoms with van der Waals surface area (Å²) in [4.78, 5) is 14.7. The monoisotopic (exact) mass is 455 g/mol. The number of esters is 1. The molecule has 4 heteroatoms. The van der Waals surface area contributed by atoms with Crippen molar-refractivity contribution in [3.8, 4) is 0 Å². The van der Waals surface area contributed by atoms with Crippen LogP contribution in [0.3, 0.4) is 0 Å². The van der Waals surface area contributed by atoms with Crippen molar-refractivity contribution in [3.05, 3.63) is 0 Å². The molecule has 0 amide bonds. The normalized spacial score (nSPS) is 12.4. The maximum absolute atomic E-state index is 12.2. The summed E-state index contributed by atoms with van der Waals surface area (Å²) in [6, 6.07) is 0. The number of carbonyl (C=O) groups is 1. The second kappa shape index (κ2) is 25.0. The number of unbranched alkanes of at least 4 members (excludes halogenated alkanes) is 12. The SMILES string of the molecule is CCCCCCCCN(CCO)CCCCCCCC(=O)OC(CCCC)CCCCC. The van der Waals surface area contributed by atoms with E-state index in [0.29, 0.717) is 6.42 Å². The zero-order chi connectivity index (χ0) is 23.7. The second-order valence-corrected chi connectivity index (χ2v) is 9.60. The average Bonchev–Trinajstić information content (AvgIpc) is 2.78. The van der Waals surface area contributed by atoms with Gasteiger partial charge in [0.05, 0.1) is 6.61 Å². The number of ether oxygens (including phenoxy) is 1. The van der Waals surface area contributed by atoms with Gasteiger partial charge in [0.15, 0.2) is 0 Å². The van der Waals surface area contributed by atoms with Gasteiger partial charge in [-0.2, -0.15) is 0 Å². The fraction of sp³-hybridized carbons (Fsp3) is 0.964. The first-order valence-electron chi connectivity index (χ1n) is 14.2. The molecule has 0 rings (SSSR count). The Kier molecular flexibility index (Phi) is 24.5. The highest BCUT2D eigenvalue weighted by atomic mass is 16.5. The highest BCUT2D eigenvalue weighted by Gasteiger charge is 2.13. The Morgan fingerprint density at radius 1 is 0.656 bits per heavy atom. The second-order valence-electron chi connectivity index (χ2n) is 9.60. The molecule has 0 aromatic rings. The van der Waals surface area contributed by atoms with E-state index in [1.807, 2.05) is 0 Å². The van der Waals surface area contributed by atoms with Crippen LogP contribution in [-0.4, -0.2) is 48.3 Å². The number of rotatable bonds is 25. The lowest BCUT2D eigenvalue weighted by Crippen LogP contribution is -2.29. The minimum absolute atomic E-state index is 0.00987. The maximum Gasteiger partial charge on any atom is 0.306 e. The number of nitrogens with zero attached hydrogens (tertiary/aromatic N) is 1. The van der Waals surface area contributed by atoms with Crippen molar-refractivity contribution in [2.75, 3.05) is 26.2 Å². The summed E-state index contributed by atoms with van der Waals surface area (Å²) < 4.78 is 5.78. The average molecular weight is 456 g/mol. The van der Waals surface area contributed by atoms with Crippen molar-refractivity contribution in [2.45, 2.75) is 149 Å². The summed E-state index contributed by atoms with van der Waals surface area (Å²) >= 11 is 0. The van der Waals surface area contributed by atoms with E-state index in [9.17, 15) is 9.90 Å². The molecule has 0 saturated carbocycles. The molecule has 0 aliphatic rings. The van der Waals surface area contributed by atoms with Crippen molar-refractivity contribution >= 4 is 5.97 Å². The van der Waals surface area contributed by atoms with Crippen molar-refractivity contribution in [1.29, 1.82) is 0 Å². The van der Waals surface area contributed by atoms with Crippen LogP contribution in [-0.2, 0) is 9.53 Å². The van der Waals surface area contributed by atoms with Gasteiger partial charge in [-0.25, -0.2) is 0 Å². The molecule has 32 heavy (non-hydrogen) atoms. The summed E-state index contributed by atoms with van der Waals surface area (Å²) in [5.41, 5.74) is 0. The minimum Gasteiger partial charge on any atom is -0.462 e. The Morgan fingerprint density at radius 3 is 1.75 bits per heavy atom. The molecule has 1 N–H and O–H groups in total. The van der Waals surface area contributed by atoms with Gasteiger partial charge in [-0.1, -0.05) is 97.8 Å². The fourth-order valence-electron chi connectivity index (χ4n) is 4.29. The summed E-state index contributed by atoms with van der Waals surface area (Å²) in [7, 11) is 0. The van der Waals surface area contributed by atoms with Crippen LogP contribution < -0.4 is 0 Å². The molecule has 0 saturated heterocycles. The zero-order valence-corrected chi connectivity index (χ0v) is 22.1. The van der Waals surface area contributed by atoms with Gasteiger partial charge in [0.25, 0.3) is 0 Å². The van der Waals surface area contributed by atoms with Crippen LogP contribution in [0.4, 0.5) is 0 Å². The van der Waals surface area contributed by atoms with Crippen LogP contribution in [0.2, 0.25) is 0 Å². The van der Waals surface area contributed by atoms with Crippen molar-refractivity contribution < 1.29 is 14.6 Å². The van der Waals surface area contributed by atoms with Gasteiger partial charge in [-0.05, 0) is 51.6 Å². The van der Waals surface area contributed by atoms with Crippen molar-refractivity contribution in [1.82, 2.24) is 4.90 Å². The Balaban J connectivity index is 3.80. The first-order chi connectivity index (χ1) is 15.7. The lowest BCUT2D eigenvalue weighted by molar-refractivity contribution is -0.150. The Hall–Kier alpha value is -0.610. The fourth-order valence-corrected chi connectivity index (χ4v) is 4.29. The predicted molar refractivity (Wildman–Crippen MR) is 138 cm³/mol. The van der Waals surface area contributed by atoms with E-state index < -0.39 is 0 Å². The summed E-state index contributed by atoms with van der Waals surface area (Å²) in [6.07, 6.45) is 22.3. The molecule has 192 valence electrons. The molecule has 0 aliphatic heterocycles. The van der Waals surface area contributed by atoms with E-state index >= 15 is 0 Å².